The number of primary sulfonamides is 1. The first-order valence-corrected chi connectivity index (χ1v) is 8.69. The van der Waals surface area contributed by atoms with Gasteiger partial charge in [-0.3, -0.25) is 0 Å². The number of ether oxygens (including phenoxy) is 1. The molecule has 0 heterocycles. The molecule has 21 heavy (non-hydrogen) atoms. The van der Waals surface area contributed by atoms with Crippen LogP contribution in [0, 0.1) is 6.92 Å². The van der Waals surface area contributed by atoms with Crippen molar-refractivity contribution in [1.29, 1.82) is 0 Å². The highest BCUT2D eigenvalue weighted by molar-refractivity contribution is 9.10. The van der Waals surface area contributed by atoms with Crippen molar-refractivity contribution in [3.63, 3.8) is 0 Å². The van der Waals surface area contributed by atoms with Gasteiger partial charge in [0.2, 0.25) is 10.0 Å². The van der Waals surface area contributed by atoms with Gasteiger partial charge in [0.1, 0.15) is 17.3 Å². The van der Waals surface area contributed by atoms with Crippen molar-refractivity contribution in [1.82, 2.24) is 0 Å². The number of nitrogens with two attached hydrogens (primary N) is 1. The summed E-state index contributed by atoms with van der Waals surface area (Å²) in [6.07, 6.45) is 0. The van der Waals surface area contributed by atoms with Crippen molar-refractivity contribution in [2.75, 3.05) is 0 Å². The van der Waals surface area contributed by atoms with E-state index < -0.39 is 10.0 Å². The van der Waals surface area contributed by atoms with E-state index in [2.05, 4.69) is 15.9 Å². The Morgan fingerprint density at radius 2 is 2.00 bits per heavy atom. The molecule has 112 valence electrons. The van der Waals surface area contributed by atoms with Crippen molar-refractivity contribution >= 4 is 37.6 Å². The summed E-state index contributed by atoms with van der Waals surface area (Å²) in [4.78, 5) is -0.0450. The van der Waals surface area contributed by atoms with Crippen molar-refractivity contribution in [3.05, 3.63) is 57.0 Å². The smallest absolute Gasteiger partial charge is 0.241 e. The molecule has 2 N–H and O–H groups in total. The van der Waals surface area contributed by atoms with Crippen LogP contribution in [0.1, 0.15) is 11.1 Å². The highest BCUT2D eigenvalue weighted by Crippen LogP contribution is 2.31. The van der Waals surface area contributed by atoms with Gasteiger partial charge in [-0.15, -0.1) is 0 Å². The van der Waals surface area contributed by atoms with Crippen LogP contribution in [0.5, 0.6) is 5.75 Å². The lowest BCUT2D eigenvalue weighted by molar-refractivity contribution is 0.295. The van der Waals surface area contributed by atoms with Crippen LogP contribution >= 0.6 is 27.5 Å². The highest BCUT2D eigenvalue weighted by Gasteiger charge is 2.18. The molecule has 4 nitrogen and oxygen atoms in total. The molecule has 2 aromatic rings. The second-order valence-electron chi connectivity index (χ2n) is 4.51. The van der Waals surface area contributed by atoms with E-state index in [0.717, 1.165) is 5.56 Å². The van der Waals surface area contributed by atoms with Crippen LogP contribution in [0.15, 0.2) is 45.8 Å². The Morgan fingerprint density at radius 3 is 2.62 bits per heavy atom. The van der Waals surface area contributed by atoms with E-state index in [0.29, 0.717) is 15.1 Å². The fourth-order valence-electron chi connectivity index (χ4n) is 1.88. The number of rotatable bonds is 4. The maximum Gasteiger partial charge on any atom is 0.241 e. The van der Waals surface area contributed by atoms with Crippen molar-refractivity contribution in [2.45, 2.75) is 18.4 Å². The van der Waals surface area contributed by atoms with Gasteiger partial charge in [0.25, 0.3) is 0 Å². The average Bonchev–Trinajstić information content (AvgIpc) is 2.36. The lowest BCUT2D eigenvalue weighted by Gasteiger charge is -2.14. The molecule has 0 saturated heterocycles. The van der Waals surface area contributed by atoms with E-state index in [9.17, 15) is 8.42 Å². The average molecular weight is 391 g/mol. The number of benzene rings is 2. The normalized spacial score (nSPS) is 11.4. The largest absolute Gasteiger partial charge is 0.487 e. The predicted octanol–water partition coefficient (Wildman–Crippen LogP) is 3.64. The molecule has 2 rings (SSSR count). The topological polar surface area (TPSA) is 69.4 Å². The molecule has 0 spiro atoms. The van der Waals surface area contributed by atoms with Crippen LogP contribution in [-0.2, 0) is 16.6 Å². The minimum atomic E-state index is -3.87. The second kappa shape index (κ2) is 6.36. The van der Waals surface area contributed by atoms with Gasteiger partial charge in [-0.1, -0.05) is 39.7 Å². The predicted molar refractivity (Wildman–Crippen MR) is 86.0 cm³/mol. The summed E-state index contributed by atoms with van der Waals surface area (Å²) in [6, 6.07) is 10.3. The Bertz CT molecular complexity index is 778. The number of hydrogen-bond donors (Lipinski definition) is 1. The van der Waals surface area contributed by atoms with Gasteiger partial charge in [0, 0.05) is 9.50 Å². The molecule has 0 radical (unpaired) electrons. The molecule has 0 unspecified atom stereocenters. The van der Waals surface area contributed by atoms with Crippen LogP contribution in [-0.4, -0.2) is 8.42 Å². The summed E-state index contributed by atoms with van der Waals surface area (Å²) in [5.41, 5.74) is 1.51. The van der Waals surface area contributed by atoms with Crippen LogP contribution < -0.4 is 9.88 Å². The Labute approximate surface area is 137 Å². The lowest BCUT2D eigenvalue weighted by atomic mass is 10.2. The van der Waals surface area contributed by atoms with Gasteiger partial charge in [-0.05, 0) is 42.3 Å². The number of aryl methyl sites for hydroxylation is 1. The van der Waals surface area contributed by atoms with Crippen molar-refractivity contribution < 1.29 is 13.2 Å². The van der Waals surface area contributed by atoms with Gasteiger partial charge in [0.15, 0.2) is 0 Å². The zero-order chi connectivity index (χ0) is 15.6. The van der Waals surface area contributed by atoms with Crippen molar-refractivity contribution in [3.8, 4) is 5.75 Å². The Morgan fingerprint density at radius 1 is 1.29 bits per heavy atom. The molecule has 0 saturated carbocycles. The van der Waals surface area contributed by atoms with Gasteiger partial charge in [0.05, 0.1) is 0 Å². The Kier molecular flexibility index (Phi) is 4.93. The maximum absolute atomic E-state index is 11.7. The summed E-state index contributed by atoms with van der Waals surface area (Å²) in [6.45, 7) is 1.96. The molecule has 0 fully saturated rings. The minimum Gasteiger partial charge on any atom is -0.487 e. The maximum atomic E-state index is 11.7. The zero-order valence-corrected chi connectivity index (χ0v) is 14.3. The monoisotopic (exact) mass is 389 g/mol. The van der Waals surface area contributed by atoms with E-state index in [1.165, 1.54) is 6.07 Å². The van der Waals surface area contributed by atoms with E-state index in [-0.39, 0.29) is 17.3 Å². The second-order valence-corrected chi connectivity index (χ2v) is 7.40. The molecule has 0 atom stereocenters. The molecule has 0 aromatic heterocycles. The number of halogens is 2. The first-order chi connectivity index (χ1) is 9.77. The Balaban J connectivity index is 2.36. The first-order valence-electron chi connectivity index (χ1n) is 5.97. The van der Waals surface area contributed by atoms with Crippen LogP contribution in [0.25, 0.3) is 0 Å². The quantitative estimate of drug-likeness (QED) is 0.866. The molecular weight excluding hydrogens is 378 g/mol. The van der Waals surface area contributed by atoms with Gasteiger partial charge in [-0.25, -0.2) is 13.6 Å². The van der Waals surface area contributed by atoms with E-state index >= 15 is 0 Å². The summed E-state index contributed by atoms with van der Waals surface area (Å²) >= 11 is 9.16. The van der Waals surface area contributed by atoms with Gasteiger partial charge >= 0.3 is 0 Å². The fraction of sp³-hybridized carbons (Fsp3) is 0.143. The summed E-state index contributed by atoms with van der Waals surface area (Å²) in [5, 5.41) is 5.83. The molecule has 0 aliphatic heterocycles. The number of hydrogen-bond acceptors (Lipinski definition) is 3. The molecule has 2 aromatic carbocycles. The van der Waals surface area contributed by atoms with E-state index in [1.54, 1.807) is 31.2 Å². The summed E-state index contributed by atoms with van der Waals surface area (Å²) in [5.74, 6) is 0.251. The van der Waals surface area contributed by atoms with Gasteiger partial charge in [-0.2, -0.15) is 0 Å². The third-order valence-electron chi connectivity index (χ3n) is 2.78. The van der Waals surface area contributed by atoms with Crippen molar-refractivity contribution in [2.24, 2.45) is 5.14 Å². The SMILES string of the molecule is Cc1cc(Br)cc(S(N)(=O)=O)c1OCc1cccc(Cl)c1. The first kappa shape index (κ1) is 16.3. The lowest BCUT2D eigenvalue weighted by Crippen LogP contribution is -2.14. The molecule has 0 bridgehead atoms. The van der Waals surface area contributed by atoms with Gasteiger partial charge < -0.3 is 4.74 Å². The van der Waals surface area contributed by atoms with Crippen LogP contribution in [0.4, 0.5) is 0 Å². The molecule has 7 heteroatoms. The Hall–Kier alpha value is -1.08. The summed E-state index contributed by atoms with van der Waals surface area (Å²) < 4.78 is 29.6. The third-order valence-corrected chi connectivity index (χ3v) is 4.39. The molecule has 0 amide bonds. The zero-order valence-electron chi connectivity index (χ0n) is 11.1. The third kappa shape index (κ3) is 4.20. The molecular formula is C14H13BrClNO3S. The molecule has 0 aliphatic rings. The van der Waals surface area contributed by atoms with E-state index in [4.69, 9.17) is 21.5 Å². The number of sulfonamides is 1. The van der Waals surface area contributed by atoms with Crippen LogP contribution in [0.2, 0.25) is 5.02 Å². The summed E-state index contributed by atoms with van der Waals surface area (Å²) in [7, 11) is -3.87. The highest BCUT2D eigenvalue weighted by atomic mass is 79.9. The minimum absolute atomic E-state index is 0.0450. The van der Waals surface area contributed by atoms with Crippen LogP contribution in [0.3, 0.4) is 0 Å². The standard InChI is InChI=1S/C14H13BrClNO3S/c1-9-5-11(15)7-13(21(17,18)19)14(9)20-8-10-3-2-4-12(16)6-10/h2-7H,8H2,1H3,(H2,17,18,19). The van der Waals surface area contributed by atoms with E-state index in [1.807, 2.05) is 6.07 Å². The fourth-order valence-corrected chi connectivity index (χ4v) is 3.58. The molecule has 0 aliphatic carbocycles.